The Kier molecular flexibility index (Phi) is 4.69. The fourth-order valence-electron chi connectivity index (χ4n) is 2.92. The highest BCUT2D eigenvalue weighted by Crippen LogP contribution is 2.44. The molecule has 2 atom stereocenters. The monoisotopic (exact) mass is 335 g/mol. The van der Waals surface area contributed by atoms with E-state index >= 15 is 0 Å². The number of hydrogen-bond donors (Lipinski definition) is 1. The van der Waals surface area contributed by atoms with Gasteiger partial charge in [-0.2, -0.15) is 0 Å². The van der Waals surface area contributed by atoms with Crippen molar-refractivity contribution in [3.05, 3.63) is 20.3 Å². The summed E-state index contributed by atoms with van der Waals surface area (Å²) in [6, 6.07) is 1.97. The Balaban J connectivity index is 2.20. The van der Waals surface area contributed by atoms with Crippen molar-refractivity contribution in [2.24, 2.45) is 11.3 Å². The van der Waals surface area contributed by atoms with Gasteiger partial charge in [0.1, 0.15) is 0 Å². The van der Waals surface area contributed by atoms with E-state index in [9.17, 15) is 9.90 Å². The first kappa shape index (κ1) is 16.1. The molecular formula is C14H19Cl2NO2S. The fourth-order valence-corrected chi connectivity index (χ4v) is 4.56. The largest absolute Gasteiger partial charge is 0.481 e. The van der Waals surface area contributed by atoms with Gasteiger partial charge in [-0.25, -0.2) is 0 Å². The molecule has 0 amide bonds. The Morgan fingerprint density at radius 1 is 1.45 bits per heavy atom. The summed E-state index contributed by atoms with van der Waals surface area (Å²) in [6.07, 6.45) is 0.680. The van der Waals surface area contributed by atoms with Crippen molar-refractivity contribution in [2.45, 2.75) is 33.2 Å². The molecule has 0 radical (unpaired) electrons. The summed E-state index contributed by atoms with van der Waals surface area (Å²) in [5, 5.41) is 9.59. The first-order valence-corrected chi connectivity index (χ1v) is 8.27. The number of rotatable bonds is 4. The molecule has 1 fully saturated rings. The molecule has 0 aliphatic carbocycles. The van der Waals surface area contributed by atoms with Crippen LogP contribution in [-0.4, -0.2) is 29.1 Å². The highest BCUT2D eigenvalue weighted by molar-refractivity contribution is 7.20. The van der Waals surface area contributed by atoms with Gasteiger partial charge >= 0.3 is 5.97 Å². The molecule has 0 spiro atoms. The van der Waals surface area contributed by atoms with Crippen LogP contribution in [0.3, 0.4) is 0 Å². The minimum absolute atomic E-state index is 0.0891. The minimum atomic E-state index is -0.698. The van der Waals surface area contributed by atoms with Crippen molar-refractivity contribution in [3.63, 3.8) is 0 Å². The molecule has 0 bridgehead atoms. The Morgan fingerprint density at radius 3 is 2.50 bits per heavy atom. The Morgan fingerprint density at radius 2 is 2.10 bits per heavy atom. The van der Waals surface area contributed by atoms with Gasteiger partial charge in [0.15, 0.2) is 0 Å². The third-order valence-corrected chi connectivity index (χ3v) is 6.06. The Labute approximate surface area is 133 Å². The molecule has 1 aromatic rings. The number of likely N-dealkylation sites (tertiary alicyclic amines) is 1. The van der Waals surface area contributed by atoms with Crippen molar-refractivity contribution in [1.29, 1.82) is 0 Å². The lowest BCUT2D eigenvalue weighted by Crippen LogP contribution is -2.39. The number of nitrogens with zero attached hydrogens (tertiary/aromatic N) is 1. The van der Waals surface area contributed by atoms with Gasteiger partial charge in [-0.1, -0.05) is 37.0 Å². The standard InChI is InChI=1S/C14H19Cl2NO2S/c1-8(2)14(13(18)19)4-5-17(7-14)9(3)10-6-11(15)20-12(10)16/h6,8-9H,4-5,7H2,1-3H3,(H,18,19). The maximum atomic E-state index is 11.7. The quantitative estimate of drug-likeness (QED) is 0.877. The molecule has 112 valence electrons. The fraction of sp³-hybridized carbons (Fsp3) is 0.643. The molecule has 2 heterocycles. The van der Waals surface area contributed by atoms with Gasteiger partial charge in [0.25, 0.3) is 0 Å². The number of aliphatic carboxylic acids is 1. The lowest BCUT2D eigenvalue weighted by molar-refractivity contribution is -0.151. The van der Waals surface area contributed by atoms with Crippen molar-refractivity contribution in [2.75, 3.05) is 13.1 Å². The third kappa shape index (κ3) is 2.71. The van der Waals surface area contributed by atoms with Crippen LogP contribution < -0.4 is 0 Å². The number of halogens is 2. The predicted octanol–water partition coefficient (Wildman–Crippen LogP) is 4.55. The summed E-state index contributed by atoms with van der Waals surface area (Å²) in [5.41, 5.74) is 0.340. The molecule has 1 aliphatic heterocycles. The normalized spacial score (nSPS) is 25.3. The molecule has 20 heavy (non-hydrogen) atoms. The zero-order chi connectivity index (χ0) is 15.1. The van der Waals surface area contributed by atoms with Crippen molar-refractivity contribution < 1.29 is 9.90 Å². The summed E-state index contributed by atoms with van der Waals surface area (Å²) in [6.45, 7) is 7.36. The van der Waals surface area contributed by atoms with E-state index in [2.05, 4.69) is 11.8 Å². The molecule has 1 saturated heterocycles. The minimum Gasteiger partial charge on any atom is -0.481 e. The van der Waals surface area contributed by atoms with Crippen molar-refractivity contribution >= 4 is 40.5 Å². The van der Waals surface area contributed by atoms with Crippen LogP contribution in [0.4, 0.5) is 0 Å². The van der Waals surface area contributed by atoms with Crippen LogP contribution in [0.1, 0.15) is 38.8 Å². The van der Waals surface area contributed by atoms with Crippen LogP contribution in [0.15, 0.2) is 6.07 Å². The second-order valence-corrected chi connectivity index (χ2v) is 8.08. The SMILES string of the molecule is CC(c1cc(Cl)sc1Cl)N1CCC(C(=O)O)(C(C)C)C1. The molecular weight excluding hydrogens is 317 g/mol. The highest BCUT2D eigenvalue weighted by atomic mass is 35.5. The predicted molar refractivity (Wildman–Crippen MR) is 83.9 cm³/mol. The van der Waals surface area contributed by atoms with Gasteiger partial charge in [-0.3, -0.25) is 9.69 Å². The van der Waals surface area contributed by atoms with E-state index in [1.807, 2.05) is 19.9 Å². The maximum absolute atomic E-state index is 11.7. The topological polar surface area (TPSA) is 40.5 Å². The van der Waals surface area contributed by atoms with Gasteiger partial charge in [-0.05, 0) is 31.9 Å². The summed E-state index contributed by atoms with van der Waals surface area (Å²) in [7, 11) is 0. The van der Waals surface area contributed by atoms with Crippen molar-refractivity contribution in [1.82, 2.24) is 4.90 Å². The lowest BCUT2D eigenvalue weighted by atomic mass is 9.76. The number of carbonyl (C=O) groups is 1. The van der Waals surface area contributed by atoms with Gasteiger partial charge in [0.2, 0.25) is 0 Å². The van der Waals surface area contributed by atoms with E-state index in [1.165, 1.54) is 11.3 Å². The second-order valence-electron chi connectivity index (χ2n) is 5.79. The van der Waals surface area contributed by atoms with Crippen LogP contribution in [0.25, 0.3) is 0 Å². The molecule has 3 nitrogen and oxygen atoms in total. The molecule has 0 aromatic carbocycles. The van der Waals surface area contributed by atoms with Crippen LogP contribution in [-0.2, 0) is 4.79 Å². The zero-order valence-corrected chi connectivity index (χ0v) is 14.1. The number of carboxylic acid groups (broad SMARTS) is 1. The van der Waals surface area contributed by atoms with Crippen LogP contribution in [0.5, 0.6) is 0 Å². The molecule has 6 heteroatoms. The smallest absolute Gasteiger partial charge is 0.311 e. The molecule has 2 rings (SSSR count). The number of thiophene rings is 1. The molecule has 0 saturated carbocycles. The molecule has 1 aliphatic rings. The van der Waals surface area contributed by atoms with E-state index in [0.717, 1.165) is 12.1 Å². The first-order chi connectivity index (χ1) is 9.28. The maximum Gasteiger partial charge on any atom is 0.311 e. The molecule has 1 N–H and O–H groups in total. The summed E-state index contributed by atoms with van der Waals surface area (Å²) >= 11 is 13.6. The third-order valence-electron chi connectivity index (χ3n) is 4.54. The van der Waals surface area contributed by atoms with Crippen molar-refractivity contribution in [3.8, 4) is 0 Å². The van der Waals surface area contributed by atoms with Crippen LogP contribution in [0, 0.1) is 11.3 Å². The second kappa shape index (κ2) is 5.84. The molecule has 1 aromatic heterocycles. The average Bonchev–Trinajstić information content (AvgIpc) is 2.93. The van der Waals surface area contributed by atoms with Gasteiger partial charge in [0.05, 0.1) is 14.1 Å². The van der Waals surface area contributed by atoms with Crippen LogP contribution in [0.2, 0.25) is 8.67 Å². The van der Waals surface area contributed by atoms with E-state index < -0.39 is 11.4 Å². The van der Waals surface area contributed by atoms with Gasteiger partial charge in [-0.15, -0.1) is 11.3 Å². The number of hydrogen-bond acceptors (Lipinski definition) is 3. The summed E-state index contributed by atoms with van der Waals surface area (Å²) < 4.78 is 1.37. The summed E-state index contributed by atoms with van der Waals surface area (Å²) in [4.78, 5) is 13.9. The Hall–Kier alpha value is -0.290. The summed E-state index contributed by atoms with van der Waals surface area (Å²) in [5.74, 6) is -0.588. The molecule has 2 unspecified atom stereocenters. The van der Waals surface area contributed by atoms with Crippen LogP contribution >= 0.6 is 34.5 Å². The van der Waals surface area contributed by atoms with Gasteiger partial charge in [0, 0.05) is 18.2 Å². The lowest BCUT2D eigenvalue weighted by Gasteiger charge is -2.30. The zero-order valence-electron chi connectivity index (χ0n) is 11.8. The first-order valence-electron chi connectivity index (χ1n) is 6.70. The van der Waals surface area contributed by atoms with E-state index in [1.54, 1.807) is 0 Å². The highest BCUT2D eigenvalue weighted by Gasteiger charge is 2.48. The van der Waals surface area contributed by atoms with Gasteiger partial charge < -0.3 is 5.11 Å². The number of carboxylic acids is 1. The van der Waals surface area contributed by atoms with E-state index in [4.69, 9.17) is 23.2 Å². The van der Waals surface area contributed by atoms with E-state index in [-0.39, 0.29) is 12.0 Å². The average molecular weight is 336 g/mol. The Bertz CT molecular complexity index is 517. The van der Waals surface area contributed by atoms with E-state index in [0.29, 0.717) is 21.6 Å².